The van der Waals surface area contributed by atoms with Gasteiger partial charge < -0.3 is 10.1 Å². The van der Waals surface area contributed by atoms with Crippen molar-refractivity contribution in [3.05, 3.63) is 54.6 Å². The van der Waals surface area contributed by atoms with Crippen molar-refractivity contribution in [3.8, 4) is 11.5 Å². The van der Waals surface area contributed by atoms with Crippen molar-refractivity contribution in [2.45, 2.75) is 39.2 Å². The molecule has 0 fully saturated rings. The fraction of sp³-hybridized carbons (Fsp3) is 0.333. The number of nitrogens with one attached hydrogen (secondary N) is 1. The maximum atomic E-state index is 5.85. The van der Waals surface area contributed by atoms with Crippen LogP contribution in [0.3, 0.4) is 0 Å². The molecule has 20 heavy (non-hydrogen) atoms. The average Bonchev–Trinajstić information content (AvgIpc) is 2.48. The molecule has 0 aliphatic rings. The van der Waals surface area contributed by atoms with E-state index in [2.05, 4.69) is 31.3 Å². The molecule has 0 radical (unpaired) electrons. The Balaban J connectivity index is 2.04. The van der Waals surface area contributed by atoms with Crippen LogP contribution in [-0.4, -0.2) is 6.04 Å². The van der Waals surface area contributed by atoms with Crippen LogP contribution >= 0.6 is 0 Å². The van der Waals surface area contributed by atoms with Crippen molar-refractivity contribution in [2.24, 2.45) is 0 Å². The van der Waals surface area contributed by atoms with Gasteiger partial charge in [-0.25, -0.2) is 0 Å². The van der Waals surface area contributed by atoms with Crippen molar-refractivity contribution < 1.29 is 4.74 Å². The van der Waals surface area contributed by atoms with E-state index in [1.54, 1.807) is 0 Å². The Morgan fingerprint density at radius 3 is 2.40 bits per heavy atom. The normalized spacial score (nSPS) is 11.9. The summed E-state index contributed by atoms with van der Waals surface area (Å²) >= 11 is 0. The molecule has 1 N–H and O–H groups in total. The smallest absolute Gasteiger partial charge is 0.129 e. The maximum Gasteiger partial charge on any atom is 0.129 e. The van der Waals surface area contributed by atoms with Gasteiger partial charge in [0, 0.05) is 17.8 Å². The quantitative estimate of drug-likeness (QED) is 0.719. The Morgan fingerprint density at radius 2 is 1.70 bits per heavy atom. The highest BCUT2D eigenvalue weighted by Gasteiger charge is 2.05. The van der Waals surface area contributed by atoms with Crippen molar-refractivity contribution in [2.75, 3.05) is 5.32 Å². The third kappa shape index (κ3) is 4.30. The molecule has 0 spiro atoms. The second-order valence-corrected chi connectivity index (χ2v) is 4.98. The number of rotatable bonds is 7. The van der Waals surface area contributed by atoms with Crippen LogP contribution in [0.25, 0.3) is 0 Å². The van der Waals surface area contributed by atoms with E-state index < -0.39 is 0 Å². The monoisotopic (exact) mass is 269 g/mol. The molecule has 106 valence electrons. The van der Waals surface area contributed by atoms with Crippen LogP contribution in [-0.2, 0) is 0 Å². The van der Waals surface area contributed by atoms with E-state index in [4.69, 9.17) is 4.74 Å². The van der Waals surface area contributed by atoms with Crippen LogP contribution in [0.2, 0.25) is 0 Å². The molecule has 2 heteroatoms. The molecule has 1 unspecified atom stereocenters. The average molecular weight is 269 g/mol. The summed E-state index contributed by atoms with van der Waals surface area (Å²) < 4.78 is 5.85. The van der Waals surface area contributed by atoms with Crippen molar-refractivity contribution in [1.29, 1.82) is 0 Å². The maximum absolute atomic E-state index is 5.85. The first-order valence-electron chi connectivity index (χ1n) is 7.41. The summed E-state index contributed by atoms with van der Waals surface area (Å²) in [6, 6.07) is 18.6. The Labute approximate surface area is 121 Å². The lowest BCUT2D eigenvalue weighted by atomic mass is 10.1. The molecule has 0 bridgehead atoms. The third-order valence-corrected chi connectivity index (χ3v) is 3.31. The molecule has 2 nitrogen and oxygen atoms in total. The molecular weight excluding hydrogens is 246 g/mol. The largest absolute Gasteiger partial charge is 0.457 e. The fourth-order valence-corrected chi connectivity index (χ4v) is 2.24. The standard InChI is InChI=1S/C18H23NO/c1-3-9-15(4-2)19-16-10-8-13-18(14-16)20-17-11-6-5-7-12-17/h5-8,10-15,19H,3-4,9H2,1-2H3. The molecule has 0 aromatic heterocycles. The third-order valence-electron chi connectivity index (χ3n) is 3.31. The van der Waals surface area contributed by atoms with Gasteiger partial charge in [0.1, 0.15) is 11.5 Å². The SMILES string of the molecule is CCCC(CC)Nc1cccc(Oc2ccccc2)c1. The summed E-state index contributed by atoms with van der Waals surface area (Å²) in [4.78, 5) is 0. The Kier molecular flexibility index (Phi) is 5.48. The Bertz CT molecular complexity index is 510. The van der Waals surface area contributed by atoms with E-state index in [1.807, 2.05) is 42.5 Å². The molecule has 2 rings (SSSR count). The minimum atomic E-state index is 0.534. The molecule has 0 amide bonds. The fourth-order valence-electron chi connectivity index (χ4n) is 2.24. The van der Waals surface area contributed by atoms with Gasteiger partial charge in [-0.05, 0) is 37.1 Å². The van der Waals surface area contributed by atoms with Gasteiger partial charge in [-0.2, -0.15) is 0 Å². The summed E-state index contributed by atoms with van der Waals surface area (Å²) in [5.41, 5.74) is 1.12. The minimum absolute atomic E-state index is 0.534. The molecule has 2 aromatic carbocycles. The molecule has 2 aromatic rings. The predicted octanol–water partition coefficient (Wildman–Crippen LogP) is 5.47. The first-order valence-corrected chi connectivity index (χ1v) is 7.41. The second kappa shape index (κ2) is 7.59. The van der Waals surface area contributed by atoms with Crippen LogP contribution in [0.4, 0.5) is 5.69 Å². The first kappa shape index (κ1) is 14.4. The molecule has 0 saturated carbocycles. The van der Waals surface area contributed by atoms with Crippen LogP contribution < -0.4 is 10.1 Å². The van der Waals surface area contributed by atoms with Crippen molar-refractivity contribution in [1.82, 2.24) is 0 Å². The zero-order chi connectivity index (χ0) is 14.2. The van der Waals surface area contributed by atoms with Crippen LogP contribution in [0.1, 0.15) is 33.1 Å². The molecular formula is C18H23NO. The number of hydrogen-bond acceptors (Lipinski definition) is 2. The van der Waals surface area contributed by atoms with Crippen LogP contribution in [0.15, 0.2) is 54.6 Å². The lowest BCUT2D eigenvalue weighted by Gasteiger charge is -2.18. The summed E-state index contributed by atoms with van der Waals surface area (Å²) in [5.74, 6) is 1.73. The number of anilines is 1. The lowest BCUT2D eigenvalue weighted by molar-refractivity contribution is 0.482. The van der Waals surface area contributed by atoms with Gasteiger partial charge in [-0.3, -0.25) is 0 Å². The van der Waals surface area contributed by atoms with E-state index in [9.17, 15) is 0 Å². The van der Waals surface area contributed by atoms with E-state index in [-0.39, 0.29) is 0 Å². The van der Waals surface area contributed by atoms with Gasteiger partial charge in [-0.1, -0.05) is 44.5 Å². The van der Waals surface area contributed by atoms with Gasteiger partial charge in [-0.15, -0.1) is 0 Å². The van der Waals surface area contributed by atoms with E-state index in [0.717, 1.165) is 23.6 Å². The minimum Gasteiger partial charge on any atom is -0.457 e. The molecule has 0 saturated heterocycles. The molecule has 0 aliphatic heterocycles. The first-order chi connectivity index (χ1) is 9.81. The Morgan fingerprint density at radius 1 is 0.950 bits per heavy atom. The topological polar surface area (TPSA) is 21.3 Å². The number of para-hydroxylation sites is 1. The Hall–Kier alpha value is -1.96. The van der Waals surface area contributed by atoms with Gasteiger partial charge in [0.2, 0.25) is 0 Å². The summed E-state index contributed by atoms with van der Waals surface area (Å²) in [6.45, 7) is 4.44. The van der Waals surface area contributed by atoms with E-state index in [1.165, 1.54) is 12.8 Å². The van der Waals surface area contributed by atoms with Crippen LogP contribution in [0.5, 0.6) is 11.5 Å². The van der Waals surface area contributed by atoms with Gasteiger partial charge in [0.15, 0.2) is 0 Å². The number of hydrogen-bond donors (Lipinski definition) is 1. The number of ether oxygens (including phenoxy) is 1. The molecule has 0 heterocycles. The molecule has 0 aliphatic carbocycles. The summed E-state index contributed by atoms with van der Waals surface area (Å²) in [5, 5.41) is 3.58. The van der Waals surface area contributed by atoms with Gasteiger partial charge >= 0.3 is 0 Å². The van der Waals surface area contributed by atoms with Crippen molar-refractivity contribution in [3.63, 3.8) is 0 Å². The summed E-state index contributed by atoms with van der Waals surface area (Å²) in [6.07, 6.45) is 3.53. The zero-order valence-corrected chi connectivity index (χ0v) is 12.3. The van der Waals surface area contributed by atoms with Crippen LogP contribution in [0, 0.1) is 0 Å². The van der Waals surface area contributed by atoms with Crippen molar-refractivity contribution >= 4 is 5.69 Å². The molecule has 1 atom stereocenters. The number of benzene rings is 2. The summed E-state index contributed by atoms with van der Waals surface area (Å²) in [7, 11) is 0. The highest BCUT2D eigenvalue weighted by molar-refractivity contribution is 5.49. The second-order valence-electron chi connectivity index (χ2n) is 4.98. The predicted molar refractivity (Wildman–Crippen MR) is 85.6 cm³/mol. The zero-order valence-electron chi connectivity index (χ0n) is 12.3. The van der Waals surface area contributed by atoms with Gasteiger partial charge in [0.25, 0.3) is 0 Å². The lowest BCUT2D eigenvalue weighted by Crippen LogP contribution is -2.17. The van der Waals surface area contributed by atoms with Gasteiger partial charge in [0.05, 0.1) is 0 Å². The van der Waals surface area contributed by atoms with E-state index >= 15 is 0 Å². The highest BCUT2D eigenvalue weighted by atomic mass is 16.5. The highest BCUT2D eigenvalue weighted by Crippen LogP contribution is 2.24. The van der Waals surface area contributed by atoms with E-state index in [0.29, 0.717) is 6.04 Å².